The van der Waals surface area contributed by atoms with E-state index in [2.05, 4.69) is 34.5 Å². The minimum absolute atomic E-state index is 0.00751. The van der Waals surface area contributed by atoms with Crippen molar-refractivity contribution in [3.8, 4) is 11.5 Å². The highest BCUT2D eigenvalue weighted by Crippen LogP contribution is 2.17. The Morgan fingerprint density at radius 2 is 1.82 bits per heavy atom. The molecule has 1 unspecified atom stereocenters. The summed E-state index contributed by atoms with van der Waals surface area (Å²) in [6.45, 7) is 6.30. The molecule has 150 valence electrons. The van der Waals surface area contributed by atoms with Crippen LogP contribution in [0.1, 0.15) is 12.5 Å². The predicted molar refractivity (Wildman–Crippen MR) is 108 cm³/mol. The zero-order chi connectivity index (χ0) is 19.6. The van der Waals surface area contributed by atoms with E-state index in [9.17, 15) is 4.79 Å². The van der Waals surface area contributed by atoms with Gasteiger partial charge in [0, 0.05) is 26.2 Å². The van der Waals surface area contributed by atoms with E-state index in [0.717, 1.165) is 25.4 Å². The maximum Gasteiger partial charge on any atom is 0.258 e. The summed E-state index contributed by atoms with van der Waals surface area (Å²) in [4.78, 5) is 14.4. The van der Waals surface area contributed by atoms with Gasteiger partial charge in [-0.15, -0.1) is 0 Å². The van der Waals surface area contributed by atoms with Crippen molar-refractivity contribution in [2.45, 2.75) is 19.6 Å². The Kier molecular flexibility index (Phi) is 7.70. The lowest BCUT2D eigenvalue weighted by atomic mass is 10.2. The lowest BCUT2D eigenvalue weighted by molar-refractivity contribution is -0.124. The van der Waals surface area contributed by atoms with Crippen molar-refractivity contribution in [3.05, 3.63) is 60.2 Å². The van der Waals surface area contributed by atoms with Crippen LogP contribution in [-0.2, 0) is 16.1 Å². The van der Waals surface area contributed by atoms with Crippen LogP contribution in [0.25, 0.3) is 0 Å². The highest BCUT2D eigenvalue weighted by Gasteiger charge is 2.21. The van der Waals surface area contributed by atoms with Crippen molar-refractivity contribution in [2.75, 3.05) is 39.5 Å². The van der Waals surface area contributed by atoms with Crippen LogP contribution in [-0.4, -0.2) is 56.4 Å². The highest BCUT2D eigenvalue weighted by molar-refractivity contribution is 5.77. The summed E-state index contributed by atoms with van der Waals surface area (Å²) >= 11 is 0. The summed E-state index contributed by atoms with van der Waals surface area (Å²) < 4.78 is 16.7. The molecule has 2 aromatic rings. The van der Waals surface area contributed by atoms with Crippen LogP contribution in [0.15, 0.2) is 54.6 Å². The molecule has 3 rings (SSSR count). The van der Waals surface area contributed by atoms with Crippen molar-refractivity contribution in [1.82, 2.24) is 10.2 Å². The lowest BCUT2D eigenvalue weighted by Crippen LogP contribution is -2.47. The number of nitrogens with zero attached hydrogens (tertiary/aromatic N) is 1. The van der Waals surface area contributed by atoms with Gasteiger partial charge in [0.25, 0.3) is 5.91 Å². The summed E-state index contributed by atoms with van der Waals surface area (Å²) in [5.74, 6) is 1.27. The van der Waals surface area contributed by atoms with Crippen LogP contribution in [0.4, 0.5) is 0 Å². The van der Waals surface area contributed by atoms with E-state index >= 15 is 0 Å². The number of ether oxygens (including phenoxy) is 3. The first kappa shape index (κ1) is 20.2. The Morgan fingerprint density at radius 1 is 1.11 bits per heavy atom. The zero-order valence-corrected chi connectivity index (χ0v) is 16.3. The molecule has 1 aliphatic rings. The minimum atomic E-state index is -0.155. The third kappa shape index (κ3) is 6.55. The quantitative estimate of drug-likeness (QED) is 0.720. The summed E-state index contributed by atoms with van der Waals surface area (Å²) in [7, 11) is 0. The summed E-state index contributed by atoms with van der Waals surface area (Å²) in [6.07, 6.45) is -0.00751. The SMILES string of the molecule is CCOc1ccc(OCC(=O)NCC2CN(Cc3ccccc3)CCO2)cc1. The van der Waals surface area contributed by atoms with Crippen molar-refractivity contribution < 1.29 is 19.0 Å². The molecule has 1 heterocycles. The molecule has 0 aliphatic carbocycles. The van der Waals surface area contributed by atoms with Gasteiger partial charge in [0.05, 0.1) is 19.3 Å². The number of morpholine rings is 1. The van der Waals surface area contributed by atoms with Gasteiger partial charge in [0.2, 0.25) is 0 Å². The number of rotatable bonds is 9. The maximum atomic E-state index is 12.1. The summed E-state index contributed by atoms with van der Waals surface area (Å²) in [6, 6.07) is 17.6. The molecule has 1 saturated heterocycles. The third-order valence-electron chi connectivity index (χ3n) is 4.50. The van der Waals surface area contributed by atoms with Crippen LogP contribution >= 0.6 is 0 Å². The van der Waals surface area contributed by atoms with Gasteiger partial charge in [-0.25, -0.2) is 0 Å². The topological polar surface area (TPSA) is 60.0 Å². The highest BCUT2D eigenvalue weighted by atomic mass is 16.5. The number of amides is 1. The largest absolute Gasteiger partial charge is 0.494 e. The average molecular weight is 384 g/mol. The Hall–Kier alpha value is -2.57. The Morgan fingerprint density at radius 3 is 2.54 bits per heavy atom. The number of hydrogen-bond donors (Lipinski definition) is 1. The molecule has 1 N–H and O–H groups in total. The molecule has 0 radical (unpaired) electrons. The molecular formula is C22H28N2O4. The molecule has 0 aromatic heterocycles. The van der Waals surface area contributed by atoms with Crippen LogP contribution in [0.5, 0.6) is 11.5 Å². The summed E-state index contributed by atoms with van der Waals surface area (Å²) in [5, 5.41) is 2.90. The van der Waals surface area contributed by atoms with Crippen LogP contribution in [0, 0.1) is 0 Å². The molecule has 6 nitrogen and oxygen atoms in total. The van der Waals surface area contributed by atoms with Crippen molar-refractivity contribution >= 4 is 5.91 Å². The number of carbonyl (C=O) groups is 1. The minimum Gasteiger partial charge on any atom is -0.494 e. The molecular weight excluding hydrogens is 356 g/mol. The first-order valence-electron chi connectivity index (χ1n) is 9.73. The molecule has 0 bridgehead atoms. The molecule has 28 heavy (non-hydrogen) atoms. The Balaban J connectivity index is 1.36. The lowest BCUT2D eigenvalue weighted by Gasteiger charge is -2.33. The molecule has 1 amide bonds. The Bertz CT molecular complexity index is 721. The van der Waals surface area contributed by atoms with E-state index in [0.29, 0.717) is 25.5 Å². The van der Waals surface area contributed by atoms with E-state index in [1.165, 1.54) is 5.56 Å². The molecule has 1 fully saturated rings. The third-order valence-corrected chi connectivity index (χ3v) is 4.50. The fourth-order valence-corrected chi connectivity index (χ4v) is 3.12. The fraction of sp³-hybridized carbons (Fsp3) is 0.409. The number of hydrogen-bond acceptors (Lipinski definition) is 5. The van der Waals surface area contributed by atoms with E-state index in [1.54, 1.807) is 12.1 Å². The van der Waals surface area contributed by atoms with Gasteiger partial charge >= 0.3 is 0 Å². The van der Waals surface area contributed by atoms with Gasteiger partial charge in [-0.3, -0.25) is 9.69 Å². The van der Waals surface area contributed by atoms with Gasteiger partial charge in [0.15, 0.2) is 6.61 Å². The monoisotopic (exact) mass is 384 g/mol. The van der Waals surface area contributed by atoms with Gasteiger partial charge < -0.3 is 19.5 Å². The van der Waals surface area contributed by atoms with Crippen molar-refractivity contribution in [1.29, 1.82) is 0 Å². The van der Waals surface area contributed by atoms with Crippen LogP contribution in [0.3, 0.4) is 0 Å². The first-order chi connectivity index (χ1) is 13.7. The van der Waals surface area contributed by atoms with Gasteiger partial charge in [0.1, 0.15) is 11.5 Å². The molecule has 2 aromatic carbocycles. The van der Waals surface area contributed by atoms with E-state index in [1.807, 2.05) is 25.1 Å². The second-order valence-corrected chi connectivity index (χ2v) is 6.71. The number of carbonyl (C=O) groups excluding carboxylic acids is 1. The van der Waals surface area contributed by atoms with Crippen LogP contribution in [0.2, 0.25) is 0 Å². The predicted octanol–water partition coefficient (Wildman–Crippen LogP) is 2.48. The Labute approximate surface area is 166 Å². The van der Waals surface area contributed by atoms with Gasteiger partial charge in [-0.05, 0) is 36.8 Å². The van der Waals surface area contributed by atoms with E-state index in [4.69, 9.17) is 14.2 Å². The summed E-state index contributed by atoms with van der Waals surface area (Å²) in [5.41, 5.74) is 1.29. The van der Waals surface area contributed by atoms with E-state index in [-0.39, 0.29) is 18.6 Å². The average Bonchev–Trinajstić information content (AvgIpc) is 2.73. The van der Waals surface area contributed by atoms with Crippen LogP contribution < -0.4 is 14.8 Å². The van der Waals surface area contributed by atoms with E-state index < -0.39 is 0 Å². The molecule has 6 heteroatoms. The zero-order valence-electron chi connectivity index (χ0n) is 16.3. The smallest absolute Gasteiger partial charge is 0.258 e. The molecule has 1 aliphatic heterocycles. The number of benzene rings is 2. The molecule has 1 atom stereocenters. The van der Waals surface area contributed by atoms with Gasteiger partial charge in [-0.1, -0.05) is 30.3 Å². The van der Waals surface area contributed by atoms with Gasteiger partial charge in [-0.2, -0.15) is 0 Å². The fourth-order valence-electron chi connectivity index (χ4n) is 3.12. The van der Waals surface area contributed by atoms with Crippen molar-refractivity contribution in [2.24, 2.45) is 0 Å². The van der Waals surface area contributed by atoms with Crippen molar-refractivity contribution in [3.63, 3.8) is 0 Å². The first-order valence-corrected chi connectivity index (χ1v) is 9.73. The molecule has 0 saturated carbocycles. The normalized spacial score (nSPS) is 17.1. The maximum absolute atomic E-state index is 12.1. The molecule has 0 spiro atoms. The number of nitrogens with one attached hydrogen (secondary N) is 1. The standard InChI is InChI=1S/C22H28N2O4/c1-2-26-19-8-10-20(11-9-19)28-17-22(25)23-14-21-16-24(12-13-27-21)15-18-6-4-3-5-7-18/h3-11,21H,2,12-17H2,1H3,(H,23,25). The second-order valence-electron chi connectivity index (χ2n) is 6.71. The second kappa shape index (κ2) is 10.7.